The van der Waals surface area contributed by atoms with Crippen LogP contribution in [-0.4, -0.2) is 32.5 Å². The quantitative estimate of drug-likeness (QED) is 0.356. The zero-order valence-corrected chi connectivity index (χ0v) is 20.0. The second-order valence-electron chi connectivity index (χ2n) is 8.30. The number of nitrogens with one attached hydrogen (secondary N) is 2. The summed E-state index contributed by atoms with van der Waals surface area (Å²) in [6.07, 6.45) is 8.17. The average Bonchev–Trinajstić information content (AvgIpc) is 2.95. The fourth-order valence-corrected chi connectivity index (χ4v) is 5.62. The van der Waals surface area contributed by atoms with Gasteiger partial charge in [0.1, 0.15) is 11.4 Å². The van der Waals surface area contributed by atoms with Crippen LogP contribution in [0.25, 0.3) is 22.5 Å². The van der Waals surface area contributed by atoms with Crippen molar-refractivity contribution in [2.75, 3.05) is 10.3 Å². The van der Waals surface area contributed by atoms with Gasteiger partial charge in [0.15, 0.2) is 0 Å². The summed E-state index contributed by atoms with van der Waals surface area (Å²) in [5.41, 5.74) is 9.70. The first-order valence-electron chi connectivity index (χ1n) is 11.6. The summed E-state index contributed by atoms with van der Waals surface area (Å²) in [6, 6.07) is 27.2. The van der Waals surface area contributed by atoms with Gasteiger partial charge >= 0.3 is 6.03 Å². The number of urea groups is 1. The molecule has 8 heteroatoms. The molecule has 0 bridgehead atoms. The number of rotatable bonds is 4. The summed E-state index contributed by atoms with van der Waals surface area (Å²) in [5, 5.41) is 8.85. The number of hydrogen-bond donors (Lipinski definition) is 2. The van der Waals surface area contributed by atoms with Crippen molar-refractivity contribution in [1.29, 1.82) is 0 Å². The molecule has 36 heavy (non-hydrogen) atoms. The number of hydrogen-bond acceptors (Lipinski definition) is 6. The number of anilines is 2. The molecular formula is C28H22N6OS. The SMILES string of the molecule is O=C(NNc1nnc(-c2ccccc2)c(-c2ccccc2)n1)N1c2ccccc2S[C@@H]2C=CC=C[C@@H]21. The van der Waals surface area contributed by atoms with E-state index < -0.39 is 0 Å². The van der Waals surface area contributed by atoms with Gasteiger partial charge in [-0.25, -0.2) is 15.2 Å². The Morgan fingerprint density at radius 2 is 1.44 bits per heavy atom. The molecule has 2 atom stereocenters. The predicted octanol–water partition coefficient (Wildman–Crippen LogP) is 5.72. The standard InChI is InChI=1S/C28H22N6OS/c35-28(34-21-15-7-9-17-23(21)36-24-18-10-8-16-22(24)34)33-32-27-29-25(19-11-3-1-4-12-19)26(30-31-27)20-13-5-2-6-14-20/h1-18,21,23H,(H,33,35)(H,29,31,32)/t21-,23+/m0/s1. The van der Waals surface area contributed by atoms with Crippen molar-refractivity contribution in [2.24, 2.45) is 0 Å². The Morgan fingerprint density at radius 3 is 2.22 bits per heavy atom. The van der Waals surface area contributed by atoms with Gasteiger partial charge in [0.25, 0.3) is 5.95 Å². The van der Waals surface area contributed by atoms with Gasteiger partial charge in [-0.3, -0.25) is 10.3 Å². The molecule has 6 rings (SSSR count). The highest BCUT2D eigenvalue weighted by molar-refractivity contribution is 8.00. The molecule has 0 spiro atoms. The lowest BCUT2D eigenvalue weighted by atomic mass is 10.0. The van der Waals surface area contributed by atoms with Crippen molar-refractivity contribution in [1.82, 2.24) is 20.6 Å². The highest BCUT2D eigenvalue weighted by Crippen LogP contribution is 2.43. The first-order chi connectivity index (χ1) is 17.8. The molecule has 4 aromatic rings. The van der Waals surface area contributed by atoms with Crippen LogP contribution in [0.1, 0.15) is 0 Å². The third-order valence-electron chi connectivity index (χ3n) is 6.02. The molecule has 0 radical (unpaired) electrons. The zero-order chi connectivity index (χ0) is 24.3. The minimum Gasteiger partial charge on any atom is -0.284 e. The average molecular weight is 491 g/mol. The summed E-state index contributed by atoms with van der Waals surface area (Å²) >= 11 is 1.76. The monoisotopic (exact) mass is 490 g/mol. The van der Waals surface area contributed by atoms with E-state index in [0.29, 0.717) is 11.4 Å². The van der Waals surface area contributed by atoms with E-state index in [1.165, 1.54) is 0 Å². The van der Waals surface area contributed by atoms with E-state index in [-0.39, 0.29) is 23.3 Å². The van der Waals surface area contributed by atoms with Gasteiger partial charge in [0.2, 0.25) is 0 Å². The molecule has 176 valence electrons. The van der Waals surface area contributed by atoms with E-state index in [9.17, 15) is 4.79 Å². The molecule has 0 saturated carbocycles. The maximum absolute atomic E-state index is 13.4. The molecule has 2 amide bonds. The number of aromatic nitrogens is 3. The van der Waals surface area contributed by atoms with Crippen LogP contribution in [0.4, 0.5) is 16.4 Å². The van der Waals surface area contributed by atoms with Gasteiger partial charge in [0.05, 0.1) is 17.0 Å². The number of carbonyl (C=O) groups is 1. The van der Waals surface area contributed by atoms with E-state index in [4.69, 9.17) is 4.98 Å². The molecule has 7 nitrogen and oxygen atoms in total. The maximum Gasteiger partial charge on any atom is 0.341 e. The third-order valence-corrected chi connectivity index (χ3v) is 7.33. The third kappa shape index (κ3) is 4.23. The Hall–Kier alpha value is -4.43. The number of nitrogens with zero attached hydrogens (tertiary/aromatic N) is 4. The van der Waals surface area contributed by atoms with Crippen LogP contribution in [0.5, 0.6) is 0 Å². The first kappa shape index (κ1) is 22.1. The molecule has 0 fully saturated rings. The second kappa shape index (κ2) is 9.67. The van der Waals surface area contributed by atoms with E-state index >= 15 is 0 Å². The second-order valence-corrected chi connectivity index (χ2v) is 9.52. The minimum absolute atomic E-state index is 0.101. The van der Waals surface area contributed by atoms with Gasteiger partial charge in [-0.2, -0.15) is 0 Å². The fourth-order valence-electron chi connectivity index (χ4n) is 4.36. The molecule has 1 aromatic heterocycles. The number of fused-ring (bicyclic) bond motifs is 2. The highest BCUT2D eigenvalue weighted by atomic mass is 32.2. The van der Waals surface area contributed by atoms with Gasteiger partial charge in [-0.15, -0.1) is 22.0 Å². The Balaban J connectivity index is 1.29. The molecule has 2 aliphatic rings. The lowest BCUT2D eigenvalue weighted by Gasteiger charge is -2.40. The lowest BCUT2D eigenvalue weighted by Crippen LogP contribution is -2.53. The largest absolute Gasteiger partial charge is 0.341 e. The van der Waals surface area contributed by atoms with Crippen LogP contribution in [-0.2, 0) is 0 Å². The van der Waals surface area contributed by atoms with Crippen LogP contribution in [0.15, 0.2) is 114 Å². The molecule has 1 aliphatic carbocycles. The van der Waals surface area contributed by atoms with Crippen molar-refractivity contribution in [3.05, 3.63) is 109 Å². The summed E-state index contributed by atoms with van der Waals surface area (Å²) in [6.45, 7) is 0. The van der Waals surface area contributed by atoms with Gasteiger partial charge in [0, 0.05) is 16.0 Å². The number of carbonyl (C=O) groups excluding carboxylic acids is 1. The van der Waals surface area contributed by atoms with Crippen LogP contribution in [0.2, 0.25) is 0 Å². The van der Waals surface area contributed by atoms with E-state index in [2.05, 4.69) is 27.1 Å². The molecule has 1 aliphatic heterocycles. The molecular weight excluding hydrogens is 468 g/mol. The number of para-hydroxylation sites is 1. The van der Waals surface area contributed by atoms with Crippen molar-refractivity contribution in [2.45, 2.75) is 16.2 Å². The van der Waals surface area contributed by atoms with Crippen molar-refractivity contribution >= 4 is 29.4 Å². The lowest BCUT2D eigenvalue weighted by molar-refractivity contribution is 0.246. The molecule has 3 aromatic carbocycles. The van der Waals surface area contributed by atoms with Gasteiger partial charge in [-0.1, -0.05) is 97.1 Å². The van der Waals surface area contributed by atoms with Crippen LogP contribution < -0.4 is 15.8 Å². The summed E-state index contributed by atoms with van der Waals surface area (Å²) in [4.78, 5) is 21.0. The minimum atomic E-state index is -0.297. The summed E-state index contributed by atoms with van der Waals surface area (Å²) in [7, 11) is 0. The molecule has 0 saturated heterocycles. The fraction of sp³-hybridized carbons (Fsp3) is 0.0714. The number of allylic oxidation sites excluding steroid dienone is 2. The first-order valence-corrected chi connectivity index (χ1v) is 12.5. The topological polar surface area (TPSA) is 83.0 Å². The molecule has 2 heterocycles. The van der Waals surface area contributed by atoms with Crippen molar-refractivity contribution in [3.8, 4) is 22.5 Å². The number of thioether (sulfide) groups is 1. The number of amides is 2. The summed E-state index contributed by atoms with van der Waals surface area (Å²) < 4.78 is 0. The smallest absolute Gasteiger partial charge is 0.284 e. The molecule has 2 N–H and O–H groups in total. The van der Waals surface area contributed by atoms with Gasteiger partial charge in [-0.05, 0) is 12.1 Å². The highest BCUT2D eigenvalue weighted by Gasteiger charge is 2.36. The Morgan fingerprint density at radius 1 is 0.778 bits per heavy atom. The number of benzene rings is 3. The Bertz CT molecular complexity index is 1460. The maximum atomic E-state index is 13.4. The van der Waals surface area contributed by atoms with E-state index in [1.807, 2.05) is 103 Å². The predicted molar refractivity (Wildman–Crippen MR) is 143 cm³/mol. The van der Waals surface area contributed by atoms with E-state index in [1.54, 1.807) is 16.7 Å². The Labute approximate surface area is 213 Å². The van der Waals surface area contributed by atoms with Crippen molar-refractivity contribution in [3.63, 3.8) is 0 Å². The summed E-state index contributed by atoms with van der Waals surface area (Å²) in [5.74, 6) is 0.206. The molecule has 0 unspecified atom stereocenters. The van der Waals surface area contributed by atoms with Crippen molar-refractivity contribution < 1.29 is 4.79 Å². The zero-order valence-electron chi connectivity index (χ0n) is 19.2. The number of hydrazine groups is 1. The van der Waals surface area contributed by atoms with Crippen LogP contribution in [0.3, 0.4) is 0 Å². The Kier molecular flexibility index (Phi) is 5.93. The normalized spacial score (nSPS) is 17.7. The van der Waals surface area contributed by atoms with E-state index in [0.717, 1.165) is 21.7 Å². The van der Waals surface area contributed by atoms with Crippen LogP contribution in [0, 0.1) is 0 Å². The van der Waals surface area contributed by atoms with Gasteiger partial charge < -0.3 is 0 Å². The van der Waals surface area contributed by atoms with Crippen LogP contribution >= 0.6 is 11.8 Å².